The molecule has 2 rings (SSSR count). The van der Waals surface area contributed by atoms with Crippen LogP contribution in [0, 0.1) is 12.1 Å². The fourth-order valence-corrected chi connectivity index (χ4v) is 2.82. The molecule has 2 heterocycles. The molecular formula is C11H15BClFO2S. The van der Waals surface area contributed by atoms with Gasteiger partial charge in [0.05, 0.1) is 21.0 Å². The van der Waals surface area contributed by atoms with Gasteiger partial charge < -0.3 is 9.31 Å². The number of hydrogen-bond donors (Lipinski definition) is 0. The zero-order valence-corrected chi connectivity index (χ0v) is 12.1. The van der Waals surface area contributed by atoms with Crippen LogP contribution in [0.2, 0.25) is 5.02 Å². The highest BCUT2D eigenvalue weighted by Gasteiger charge is 2.53. The predicted octanol–water partition coefficient (Wildman–Crippen LogP) is 3.15. The maximum absolute atomic E-state index is 13.5. The van der Waals surface area contributed by atoms with Crippen LogP contribution in [0.1, 0.15) is 33.3 Å². The molecule has 1 aromatic heterocycles. The second kappa shape index (κ2) is 3.95. The van der Waals surface area contributed by atoms with Crippen molar-refractivity contribution in [2.45, 2.75) is 45.8 Å². The van der Waals surface area contributed by atoms with E-state index in [1.54, 1.807) is 6.92 Å². The minimum Gasteiger partial charge on any atom is -0.399 e. The highest BCUT2D eigenvalue weighted by atomic mass is 35.5. The summed E-state index contributed by atoms with van der Waals surface area (Å²) in [5.74, 6) is 0. The lowest BCUT2D eigenvalue weighted by Crippen LogP contribution is -2.41. The van der Waals surface area contributed by atoms with Gasteiger partial charge >= 0.3 is 7.12 Å². The summed E-state index contributed by atoms with van der Waals surface area (Å²) in [6.45, 7) is 9.48. The fraction of sp³-hybridized carbons (Fsp3) is 0.636. The molecule has 6 heteroatoms. The first-order chi connectivity index (χ1) is 7.66. The van der Waals surface area contributed by atoms with Crippen molar-refractivity contribution in [2.24, 2.45) is 0 Å². The van der Waals surface area contributed by atoms with Gasteiger partial charge in [0.2, 0.25) is 0 Å². The smallest absolute Gasteiger partial charge is 0.399 e. The highest BCUT2D eigenvalue weighted by Crippen LogP contribution is 2.38. The first-order valence-corrected chi connectivity index (χ1v) is 6.65. The number of thiophene rings is 1. The van der Waals surface area contributed by atoms with Gasteiger partial charge in [-0.3, -0.25) is 0 Å². The zero-order chi connectivity index (χ0) is 13.0. The lowest BCUT2D eigenvalue weighted by molar-refractivity contribution is 0.00578. The normalized spacial score (nSPS) is 22.2. The molecule has 0 saturated carbocycles. The average molecular weight is 277 g/mol. The Morgan fingerprint density at radius 1 is 1.18 bits per heavy atom. The van der Waals surface area contributed by atoms with E-state index in [2.05, 4.69) is 0 Å². The molecule has 0 amide bonds. The second-order valence-corrected chi connectivity index (χ2v) is 6.65. The van der Waals surface area contributed by atoms with Crippen LogP contribution in [0.5, 0.6) is 0 Å². The summed E-state index contributed by atoms with van der Waals surface area (Å²) in [6, 6.07) is 0. The molecule has 0 atom stereocenters. The monoisotopic (exact) mass is 276 g/mol. The minimum absolute atomic E-state index is 0.278. The molecule has 0 radical (unpaired) electrons. The molecule has 1 aromatic rings. The van der Waals surface area contributed by atoms with Crippen LogP contribution in [0.4, 0.5) is 4.39 Å². The van der Waals surface area contributed by atoms with E-state index in [4.69, 9.17) is 20.9 Å². The minimum atomic E-state index is -0.583. The fourth-order valence-electron chi connectivity index (χ4n) is 1.59. The van der Waals surface area contributed by atoms with E-state index in [9.17, 15) is 4.39 Å². The third-order valence-electron chi connectivity index (χ3n) is 3.51. The van der Waals surface area contributed by atoms with Gasteiger partial charge in [-0.05, 0) is 34.6 Å². The molecule has 2 nitrogen and oxygen atoms in total. The van der Waals surface area contributed by atoms with Crippen molar-refractivity contribution in [2.75, 3.05) is 0 Å². The van der Waals surface area contributed by atoms with E-state index >= 15 is 0 Å². The molecule has 17 heavy (non-hydrogen) atoms. The quantitative estimate of drug-likeness (QED) is 0.734. The first kappa shape index (κ1) is 13.3. The lowest BCUT2D eigenvalue weighted by atomic mass is 9.87. The van der Waals surface area contributed by atoms with E-state index < -0.39 is 18.3 Å². The summed E-state index contributed by atoms with van der Waals surface area (Å²) >= 11 is 7.08. The molecule has 0 spiro atoms. The van der Waals surface area contributed by atoms with Crippen molar-refractivity contribution in [1.29, 1.82) is 0 Å². The van der Waals surface area contributed by atoms with Crippen molar-refractivity contribution in [1.82, 2.24) is 0 Å². The summed E-state index contributed by atoms with van der Waals surface area (Å²) in [7, 11) is -0.583. The maximum Gasteiger partial charge on any atom is 0.507 e. The van der Waals surface area contributed by atoms with Gasteiger partial charge in [-0.25, -0.2) is 0 Å². The van der Waals surface area contributed by atoms with Crippen LogP contribution in [0.15, 0.2) is 0 Å². The topological polar surface area (TPSA) is 18.5 Å². The van der Waals surface area contributed by atoms with Crippen LogP contribution in [0.3, 0.4) is 0 Å². The Labute approximate surface area is 110 Å². The molecule has 0 aliphatic carbocycles. The number of rotatable bonds is 1. The van der Waals surface area contributed by atoms with Gasteiger partial charge in [0.1, 0.15) is 0 Å². The van der Waals surface area contributed by atoms with Crippen molar-refractivity contribution in [3.63, 3.8) is 0 Å². The molecule has 1 saturated heterocycles. The Hall–Kier alpha value is -0.0951. The van der Waals surface area contributed by atoms with E-state index in [0.717, 1.165) is 11.3 Å². The van der Waals surface area contributed by atoms with Gasteiger partial charge in [-0.1, -0.05) is 11.6 Å². The Kier molecular flexibility index (Phi) is 3.10. The molecule has 1 fully saturated rings. The van der Waals surface area contributed by atoms with Crippen LogP contribution < -0.4 is 4.78 Å². The van der Waals surface area contributed by atoms with Gasteiger partial charge in [0, 0.05) is 5.56 Å². The Morgan fingerprint density at radius 2 is 1.65 bits per heavy atom. The summed E-state index contributed by atoms with van der Waals surface area (Å²) in [6.07, 6.45) is 0. The van der Waals surface area contributed by atoms with Gasteiger partial charge in [0.25, 0.3) is 0 Å². The Bertz CT molecular complexity index is 443. The molecule has 0 N–H and O–H groups in total. The largest absolute Gasteiger partial charge is 0.507 e. The average Bonchev–Trinajstić information content (AvgIpc) is 2.55. The number of hydrogen-bond acceptors (Lipinski definition) is 3. The summed E-state index contributed by atoms with van der Waals surface area (Å²) in [5, 5.41) is 0.130. The van der Waals surface area contributed by atoms with E-state index in [1.165, 1.54) is 0 Å². The standard InChI is InChI=1S/C11H15BClFO2S/c1-6-7(13)8(17-9(6)14)12-15-10(2,3)11(4,5)16-12/h1-5H3. The molecule has 94 valence electrons. The van der Waals surface area contributed by atoms with Crippen molar-refractivity contribution in [3.05, 3.63) is 15.7 Å². The van der Waals surface area contributed by atoms with Crippen LogP contribution in [-0.4, -0.2) is 18.3 Å². The van der Waals surface area contributed by atoms with Crippen molar-refractivity contribution in [3.8, 4) is 0 Å². The van der Waals surface area contributed by atoms with Crippen LogP contribution in [-0.2, 0) is 9.31 Å². The number of halogens is 2. The molecule has 0 aromatic carbocycles. The highest BCUT2D eigenvalue weighted by molar-refractivity contribution is 7.22. The third-order valence-corrected chi connectivity index (χ3v) is 5.21. The van der Waals surface area contributed by atoms with Gasteiger partial charge in [-0.15, -0.1) is 11.3 Å². The molecule has 1 aliphatic rings. The Balaban J connectivity index is 2.35. The molecule has 0 unspecified atom stereocenters. The van der Waals surface area contributed by atoms with Crippen molar-refractivity contribution >= 4 is 34.8 Å². The predicted molar refractivity (Wildman–Crippen MR) is 69.7 cm³/mol. The van der Waals surface area contributed by atoms with Gasteiger partial charge in [0.15, 0.2) is 5.13 Å². The molecule has 0 bridgehead atoms. The maximum atomic E-state index is 13.5. The summed E-state index contributed by atoms with van der Waals surface area (Å²) in [4.78, 5) is 0. The van der Waals surface area contributed by atoms with E-state index in [0.29, 0.717) is 15.4 Å². The van der Waals surface area contributed by atoms with Gasteiger partial charge in [-0.2, -0.15) is 4.39 Å². The second-order valence-electron chi connectivity index (χ2n) is 5.27. The summed E-state index contributed by atoms with van der Waals surface area (Å²) in [5.41, 5.74) is -0.411. The zero-order valence-electron chi connectivity index (χ0n) is 10.6. The summed E-state index contributed by atoms with van der Waals surface area (Å²) < 4.78 is 25.7. The van der Waals surface area contributed by atoms with Crippen LogP contribution in [0.25, 0.3) is 0 Å². The van der Waals surface area contributed by atoms with Crippen molar-refractivity contribution < 1.29 is 13.7 Å². The SMILES string of the molecule is Cc1c(F)sc(B2OC(C)(C)C(C)(C)O2)c1Cl. The Morgan fingerprint density at radius 3 is 2.00 bits per heavy atom. The molecule has 1 aliphatic heterocycles. The van der Waals surface area contributed by atoms with E-state index in [-0.39, 0.29) is 5.13 Å². The lowest BCUT2D eigenvalue weighted by Gasteiger charge is -2.32. The molecular weight excluding hydrogens is 261 g/mol. The van der Waals surface area contributed by atoms with Crippen LogP contribution >= 0.6 is 22.9 Å². The van der Waals surface area contributed by atoms with E-state index in [1.807, 2.05) is 27.7 Å². The first-order valence-electron chi connectivity index (χ1n) is 5.45. The third kappa shape index (κ3) is 2.03.